The first-order chi connectivity index (χ1) is 4.84. The predicted molar refractivity (Wildman–Crippen MR) is 48.3 cm³/mol. The highest BCUT2D eigenvalue weighted by atomic mass is 32.1. The molecule has 0 N–H and O–H groups in total. The SMILES string of the molecule is Cn1cccc1C=CCS. The summed E-state index contributed by atoms with van der Waals surface area (Å²) in [7, 11) is 2.03. The quantitative estimate of drug-likeness (QED) is 0.620. The normalized spacial score (nSPS) is 11.0. The molecule has 0 saturated heterocycles. The number of hydrogen-bond acceptors (Lipinski definition) is 1. The number of thiol groups is 1. The predicted octanol–water partition coefficient (Wildman–Crippen LogP) is 1.97. The molecule has 0 fully saturated rings. The molecule has 0 aromatic carbocycles. The van der Waals surface area contributed by atoms with Crippen LogP contribution in [0.25, 0.3) is 6.08 Å². The van der Waals surface area contributed by atoms with Gasteiger partial charge in [-0.3, -0.25) is 0 Å². The highest BCUT2D eigenvalue weighted by Crippen LogP contribution is 2.01. The minimum absolute atomic E-state index is 0.797. The third kappa shape index (κ3) is 1.67. The molecule has 0 atom stereocenters. The van der Waals surface area contributed by atoms with Crippen LogP contribution in [0.3, 0.4) is 0 Å². The van der Waals surface area contributed by atoms with Crippen molar-refractivity contribution in [1.29, 1.82) is 0 Å². The van der Waals surface area contributed by atoms with E-state index < -0.39 is 0 Å². The molecule has 0 unspecified atom stereocenters. The first-order valence-corrected chi connectivity index (χ1v) is 3.86. The third-order valence-corrected chi connectivity index (χ3v) is 1.59. The van der Waals surface area contributed by atoms with Crippen molar-refractivity contribution in [2.75, 3.05) is 5.75 Å². The molecule has 0 amide bonds. The van der Waals surface area contributed by atoms with E-state index in [0.29, 0.717) is 0 Å². The van der Waals surface area contributed by atoms with Crippen molar-refractivity contribution in [3.63, 3.8) is 0 Å². The maximum absolute atomic E-state index is 4.07. The van der Waals surface area contributed by atoms with E-state index in [2.05, 4.69) is 29.3 Å². The largest absolute Gasteiger partial charge is 0.351 e. The highest BCUT2D eigenvalue weighted by Gasteiger charge is 1.87. The molecule has 0 aliphatic carbocycles. The summed E-state index contributed by atoms with van der Waals surface area (Å²) in [6.45, 7) is 0. The molecule has 0 spiro atoms. The van der Waals surface area contributed by atoms with E-state index in [1.165, 1.54) is 5.69 Å². The molecule has 0 radical (unpaired) electrons. The van der Waals surface area contributed by atoms with Crippen LogP contribution in [-0.2, 0) is 7.05 Å². The van der Waals surface area contributed by atoms with Crippen LogP contribution in [0.15, 0.2) is 24.4 Å². The molecule has 1 heterocycles. The van der Waals surface area contributed by atoms with E-state index >= 15 is 0 Å². The lowest BCUT2D eigenvalue weighted by atomic mass is 10.4. The van der Waals surface area contributed by atoms with Crippen molar-refractivity contribution in [2.45, 2.75) is 0 Å². The summed E-state index contributed by atoms with van der Waals surface area (Å²) in [4.78, 5) is 0. The van der Waals surface area contributed by atoms with Gasteiger partial charge in [0.15, 0.2) is 0 Å². The van der Waals surface area contributed by atoms with Gasteiger partial charge in [-0.1, -0.05) is 6.08 Å². The van der Waals surface area contributed by atoms with E-state index in [4.69, 9.17) is 0 Å². The maximum Gasteiger partial charge on any atom is 0.0401 e. The summed E-state index contributed by atoms with van der Waals surface area (Å²) in [5.74, 6) is 0.797. The molecule has 0 saturated carbocycles. The average molecular weight is 153 g/mol. The fourth-order valence-corrected chi connectivity index (χ4v) is 0.926. The average Bonchev–Trinajstić information content (AvgIpc) is 2.31. The Balaban J connectivity index is 2.74. The van der Waals surface area contributed by atoms with E-state index in [1.807, 2.05) is 25.4 Å². The van der Waals surface area contributed by atoms with Crippen LogP contribution in [0, 0.1) is 0 Å². The molecule has 1 rings (SSSR count). The van der Waals surface area contributed by atoms with Crippen molar-refractivity contribution in [2.24, 2.45) is 7.05 Å². The molecule has 1 aromatic rings. The topological polar surface area (TPSA) is 4.93 Å². The van der Waals surface area contributed by atoms with Crippen LogP contribution < -0.4 is 0 Å². The van der Waals surface area contributed by atoms with E-state index in [0.717, 1.165) is 5.75 Å². The lowest BCUT2D eigenvalue weighted by Crippen LogP contribution is -1.86. The van der Waals surface area contributed by atoms with E-state index in [-0.39, 0.29) is 0 Å². The minimum atomic E-state index is 0.797. The number of rotatable bonds is 2. The van der Waals surface area contributed by atoms with Crippen molar-refractivity contribution >= 4 is 18.7 Å². The summed E-state index contributed by atoms with van der Waals surface area (Å²) < 4.78 is 2.07. The zero-order chi connectivity index (χ0) is 7.40. The molecular weight excluding hydrogens is 142 g/mol. The Bertz CT molecular complexity index is 225. The second-order valence-corrected chi connectivity index (χ2v) is 2.49. The molecule has 1 aromatic heterocycles. The standard InChI is InChI=1S/C8H11NS/c1-9-6-2-4-8(9)5-3-7-10/h2-6,10H,7H2,1H3. The summed E-state index contributed by atoms with van der Waals surface area (Å²) in [6, 6.07) is 4.10. The molecule has 10 heavy (non-hydrogen) atoms. The summed E-state index contributed by atoms with van der Waals surface area (Å²) in [5, 5.41) is 0. The van der Waals surface area contributed by atoms with Gasteiger partial charge in [-0.25, -0.2) is 0 Å². The molecule has 1 nitrogen and oxygen atoms in total. The zero-order valence-electron chi connectivity index (χ0n) is 5.99. The van der Waals surface area contributed by atoms with Crippen LogP contribution in [0.1, 0.15) is 5.69 Å². The van der Waals surface area contributed by atoms with Gasteiger partial charge in [0, 0.05) is 24.7 Å². The first kappa shape index (κ1) is 7.48. The molecule has 0 aliphatic rings. The fourth-order valence-electron chi connectivity index (χ4n) is 0.821. The fraction of sp³-hybridized carbons (Fsp3) is 0.250. The first-order valence-electron chi connectivity index (χ1n) is 3.23. The third-order valence-electron chi connectivity index (χ3n) is 1.38. The van der Waals surface area contributed by atoms with Crippen molar-refractivity contribution in [3.8, 4) is 0 Å². The lowest BCUT2D eigenvalue weighted by molar-refractivity contribution is 0.915. The Morgan fingerprint density at radius 2 is 2.50 bits per heavy atom. The highest BCUT2D eigenvalue weighted by molar-refractivity contribution is 7.80. The van der Waals surface area contributed by atoms with Crippen molar-refractivity contribution < 1.29 is 0 Å². The second-order valence-electron chi connectivity index (χ2n) is 2.13. The molecule has 54 valence electrons. The second kappa shape index (κ2) is 3.52. The van der Waals surface area contributed by atoms with Gasteiger partial charge >= 0.3 is 0 Å². The molecule has 0 aliphatic heterocycles. The zero-order valence-corrected chi connectivity index (χ0v) is 6.88. The summed E-state index contributed by atoms with van der Waals surface area (Å²) in [5.41, 5.74) is 1.22. The Labute approximate surface area is 66.8 Å². The summed E-state index contributed by atoms with van der Waals surface area (Å²) in [6.07, 6.45) is 6.11. The Morgan fingerprint density at radius 3 is 3.00 bits per heavy atom. The Kier molecular flexibility index (Phi) is 2.63. The molecular formula is C8H11NS. The van der Waals surface area contributed by atoms with E-state index in [1.54, 1.807) is 0 Å². The van der Waals surface area contributed by atoms with E-state index in [9.17, 15) is 0 Å². The Hall–Kier alpha value is -0.630. The monoisotopic (exact) mass is 153 g/mol. The van der Waals surface area contributed by atoms with Gasteiger partial charge in [-0.15, -0.1) is 0 Å². The van der Waals surface area contributed by atoms with Crippen LogP contribution in [0.2, 0.25) is 0 Å². The molecule has 2 heteroatoms. The number of aryl methyl sites for hydroxylation is 1. The van der Waals surface area contributed by atoms with Gasteiger partial charge in [-0.05, 0) is 18.2 Å². The van der Waals surface area contributed by atoms with Gasteiger partial charge in [0.05, 0.1) is 0 Å². The molecule has 0 bridgehead atoms. The van der Waals surface area contributed by atoms with Gasteiger partial charge < -0.3 is 4.57 Å². The van der Waals surface area contributed by atoms with Gasteiger partial charge in [-0.2, -0.15) is 12.6 Å². The van der Waals surface area contributed by atoms with Crippen LogP contribution in [0.5, 0.6) is 0 Å². The van der Waals surface area contributed by atoms with Crippen LogP contribution in [-0.4, -0.2) is 10.3 Å². The summed E-state index contributed by atoms with van der Waals surface area (Å²) >= 11 is 4.07. The smallest absolute Gasteiger partial charge is 0.0401 e. The number of hydrogen-bond donors (Lipinski definition) is 1. The lowest BCUT2D eigenvalue weighted by Gasteiger charge is -1.93. The van der Waals surface area contributed by atoms with Crippen molar-refractivity contribution in [1.82, 2.24) is 4.57 Å². The number of aromatic nitrogens is 1. The number of nitrogens with zero attached hydrogens (tertiary/aromatic N) is 1. The van der Waals surface area contributed by atoms with Crippen LogP contribution in [0.4, 0.5) is 0 Å². The minimum Gasteiger partial charge on any atom is -0.351 e. The van der Waals surface area contributed by atoms with Gasteiger partial charge in [0.2, 0.25) is 0 Å². The van der Waals surface area contributed by atoms with Gasteiger partial charge in [0.25, 0.3) is 0 Å². The maximum atomic E-state index is 4.07. The van der Waals surface area contributed by atoms with Crippen molar-refractivity contribution in [3.05, 3.63) is 30.1 Å². The van der Waals surface area contributed by atoms with Crippen LogP contribution >= 0.6 is 12.6 Å². The van der Waals surface area contributed by atoms with Gasteiger partial charge in [0.1, 0.15) is 0 Å². The Morgan fingerprint density at radius 1 is 1.70 bits per heavy atom.